The van der Waals surface area contributed by atoms with E-state index in [9.17, 15) is 14.7 Å². The van der Waals surface area contributed by atoms with Crippen LogP contribution < -0.4 is 5.73 Å². The monoisotopic (exact) mass is 344 g/mol. The topological polar surface area (TPSA) is 105 Å². The smallest absolute Gasteiger partial charge is 0.331 e. The molecule has 6 heteroatoms. The van der Waals surface area contributed by atoms with Gasteiger partial charge >= 0.3 is 11.9 Å². The summed E-state index contributed by atoms with van der Waals surface area (Å²) in [7, 11) is 0. The first-order chi connectivity index (χ1) is 11.7. The molecule has 0 radical (unpaired) electrons. The Bertz CT molecular complexity index is 799. The normalized spacial score (nSPS) is 13.7. The number of aliphatic carboxylic acids is 1. The van der Waals surface area contributed by atoms with E-state index >= 15 is 0 Å². The molecule has 4 N–H and O–H groups in total. The lowest BCUT2D eigenvalue weighted by molar-refractivity contribution is -0.156. The number of H-pyrrole nitrogens is 1. The number of carbonyl (C=O) groups excluding carboxylic acids is 1. The molecule has 134 valence electrons. The maximum Gasteiger partial charge on any atom is 0.331 e. The van der Waals surface area contributed by atoms with Crippen molar-refractivity contribution in [3.63, 3.8) is 0 Å². The zero-order valence-corrected chi connectivity index (χ0v) is 14.7. The van der Waals surface area contributed by atoms with E-state index in [1.54, 1.807) is 27.0 Å². The van der Waals surface area contributed by atoms with Crippen molar-refractivity contribution in [2.45, 2.75) is 45.3 Å². The summed E-state index contributed by atoms with van der Waals surface area (Å²) in [4.78, 5) is 26.6. The molecule has 0 aliphatic heterocycles. The summed E-state index contributed by atoms with van der Waals surface area (Å²) in [5.74, 6) is -1.57. The molecular weight excluding hydrogens is 320 g/mol. The second-order valence-corrected chi connectivity index (χ2v) is 6.95. The predicted molar refractivity (Wildman–Crippen MR) is 96.2 cm³/mol. The van der Waals surface area contributed by atoms with Gasteiger partial charge < -0.3 is 20.6 Å². The van der Waals surface area contributed by atoms with Gasteiger partial charge in [-0.05, 0) is 38.8 Å². The maximum atomic E-state index is 11.9. The Labute approximate surface area is 146 Å². The predicted octanol–water partition coefficient (Wildman–Crippen LogP) is 2.78. The number of hydrogen-bond donors (Lipinski definition) is 3. The third kappa shape index (κ3) is 5.19. The first kappa shape index (κ1) is 18.7. The van der Waals surface area contributed by atoms with Crippen molar-refractivity contribution < 1.29 is 19.4 Å². The minimum atomic E-state index is -1.03. The van der Waals surface area contributed by atoms with Crippen molar-refractivity contribution in [2.75, 3.05) is 0 Å². The van der Waals surface area contributed by atoms with Crippen molar-refractivity contribution in [1.82, 2.24) is 4.98 Å². The number of rotatable bonds is 6. The summed E-state index contributed by atoms with van der Waals surface area (Å²) < 4.78 is 5.21. The number of aromatic amines is 1. The lowest BCUT2D eigenvalue weighted by Crippen LogP contribution is -2.37. The quantitative estimate of drug-likeness (QED) is 0.552. The van der Waals surface area contributed by atoms with Crippen molar-refractivity contribution >= 4 is 22.8 Å². The highest BCUT2D eigenvalue weighted by Gasteiger charge is 2.22. The van der Waals surface area contributed by atoms with Crippen LogP contribution >= 0.6 is 0 Å². The van der Waals surface area contributed by atoms with Crippen LogP contribution in [0.25, 0.3) is 10.9 Å². The van der Waals surface area contributed by atoms with Crippen molar-refractivity contribution in [3.05, 3.63) is 47.7 Å². The highest BCUT2D eigenvalue weighted by Crippen LogP contribution is 2.21. The van der Waals surface area contributed by atoms with Gasteiger partial charge in [0.25, 0.3) is 0 Å². The van der Waals surface area contributed by atoms with Crippen molar-refractivity contribution in [1.29, 1.82) is 0 Å². The summed E-state index contributed by atoms with van der Waals surface area (Å²) >= 11 is 0. The van der Waals surface area contributed by atoms with Crippen LogP contribution in [0.4, 0.5) is 0 Å². The van der Waals surface area contributed by atoms with E-state index in [0.29, 0.717) is 0 Å². The molecule has 2 rings (SSSR count). The highest BCUT2D eigenvalue weighted by atomic mass is 16.6. The molecule has 1 atom stereocenters. The number of hydrogen-bond acceptors (Lipinski definition) is 4. The summed E-state index contributed by atoms with van der Waals surface area (Å²) in [6.45, 7) is 5.27. The van der Waals surface area contributed by atoms with E-state index in [1.807, 2.05) is 24.3 Å². The van der Waals surface area contributed by atoms with Gasteiger partial charge in [0.1, 0.15) is 11.6 Å². The van der Waals surface area contributed by atoms with Crippen LogP contribution in [0, 0.1) is 0 Å². The van der Waals surface area contributed by atoms with Crippen LogP contribution in [0.2, 0.25) is 0 Å². The molecule has 0 fully saturated rings. The van der Waals surface area contributed by atoms with E-state index in [-0.39, 0.29) is 18.4 Å². The standard InChI is InChI=1S/C19H24N2O4/c1-19(2,3)25-18(24)15(20)9-8-12(17(22)23)10-13-11-21-16-7-5-4-6-14(13)16/h4-8,11,15,21H,9-10,20H2,1-3H3,(H,22,23). The van der Waals surface area contributed by atoms with E-state index in [0.717, 1.165) is 16.5 Å². The van der Waals surface area contributed by atoms with Crippen LogP contribution in [0.1, 0.15) is 32.8 Å². The molecule has 1 aromatic heterocycles. The van der Waals surface area contributed by atoms with Crippen molar-refractivity contribution in [3.8, 4) is 0 Å². The number of carboxylic acid groups (broad SMARTS) is 1. The van der Waals surface area contributed by atoms with Crippen LogP contribution in [0.5, 0.6) is 0 Å². The van der Waals surface area contributed by atoms with Crippen LogP contribution in [0.3, 0.4) is 0 Å². The van der Waals surface area contributed by atoms with Gasteiger partial charge in [0, 0.05) is 29.1 Å². The average molecular weight is 344 g/mol. The van der Waals surface area contributed by atoms with Crippen LogP contribution in [-0.2, 0) is 20.7 Å². The number of aromatic nitrogens is 1. The molecule has 0 saturated heterocycles. The van der Waals surface area contributed by atoms with Gasteiger partial charge in [-0.15, -0.1) is 0 Å². The minimum Gasteiger partial charge on any atom is -0.478 e. The van der Waals surface area contributed by atoms with Crippen molar-refractivity contribution in [2.24, 2.45) is 5.73 Å². The molecule has 1 heterocycles. The SMILES string of the molecule is CC(C)(C)OC(=O)C(N)CC=C(Cc1c[nH]c2ccccc12)C(=O)O. The number of carboxylic acids is 1. The number of nitrogens with one attached hydrogen (secondary N) is 1. The first-order valence-corrected chi connectivity index (χ1v) is 8.13. The number of nitrogens with two attached hydrogens (primary N) is 1. The molecule has 0 amide bonds. The Morgan fingerprint density at radius 3 is 2.64 bits per heavy atom. The van der Waals surface area contributed by atoms with Gasteiger partial charge in [0.15, 0.2) is 0 Å². The molecule has 0 spiro atoms. The lowest BCUT2D eigenvalue weighted by atomic mass is 10.0. The Hall–Kier alpha value is -2.60. The second-order valence-electron chi connectivity index (χ2n) is 6.95. The van der Waals surface area contributed by atoms with Gasteiger partial charge in [-0.1, -0.05) is 24.3 Å². The third-order valence-corrected chi connectivity index (χ3v) is 3.66. The van der Waals surface area contributed by atoms with E-state index in [2.05, 4.69) is 4.98 Å². The average Bonchev–Trinajstić information content (AvgIpc) is 2.92. The fraction of sp³-hybridized carbons (Fsp3) is 0.368. The Morgan fingerprint density at radius 1 is 1.32 bits per heavy atom. The van der Waals surface area contributed by atoms with E-state index in [1.165, 1.54) is 6.08 Å². The summed E-state index contributed by atoms with van der Waals surface area (Å²) in [6.07, 6.45) is 3.66. The van der Waals surface area contributed by atoms with Gasteiger partial charge in [-0.2, -0.15) is 0 Å². The molecule has 2 aromatic rings. The van der Waals surface area contributed by atoms with Gasteiger partial charge in [-0.3, -0.25) is 4.79 Å². The maximum absolute atomic E-state index is 11.9. The molecule has 1 unspecified atom stereocenters. The van der Waals surface area contributed by atoms with Gasteiger partial charge in [0.05, 0.1) is 0 Å². The summed E-state index contributed by atoms with van der Waals surface area (Å²) in [5.41, 5.74) is 7.23. The molecule has 0 saturated carbocycles. The number of carbonyl (C=O) groups is 2. The van der Waals surface area contributed by atoms with Crippen LogP contribution in [0.15, 0.2) is 42.1 Å². The molecule has 0 aliphatic carbocycles. The molecule has 1 aromatic carbocycles. The summed E-state index contributed by atoms with van der Waals surface area (Å²) in [6, 6.07) is 6.80. The second kappa shape index (κ2) is 7.53. The number of ether oxygens (including phenoxy) is 1. The first-order valence-electron chi connectivity index (χ1n) is 8.13. The van der Waals surface area contributed by atoms with E-state index < -0.39 is 23.6 Å². The fourth-order valence-electron chi connectivity index (χ4n) is 2.46. The lowest BCUT2D eigenvalue weighted by Gasteiger charge is -2.21. The Morgan fingerprint density at radius 2 is 2.00 bits per heavy atom. The van der Waals surface area contributed by atoms with E-state index in [4.69, 9.17) is 10.5 Å². The Kier molecular flexibility index (Phi) is 5.64. The summed E-state index contributed by atoms with van der Waals surface area (Å²) in [5, 5.41) is 10.4. The number of para-hydroxylation sites is 1. The fourth-order valence-corrected chi connectivity index (χ4v) is 2.46. The van der Waals surface area contributed by atoms with Gasteiger partial charge in [-0.25, -0.2) is 4.79 Å². The van der Waals surface area contributed by atoms with Gasteiger partial charge in [0.2, 0.25) is 0 Å². The minimum absolute atomic E-state index is 0.110. The molecular formula is C19H24N2O4. The molecule has 0 bridgehead atoms. The highest BCUT2D eigenvalue weighted by molar-refractivity contribution is 5.90. The Balaban J connectivity index is 2.11. The largest absolute Gasteiger partial charge is 0.478 e. The molecule has 6 nitrogen and oxygen atoms in total. The number of fused-ring (bicyclic) bond motifs is 1. The number of benzene rings is 1. The number of esters is 1. The third-order valence-electron chi connectivity index (χ3n) is 3.66. The molecule has 25 heavy (non-hydrogen) atoms. The zero-order chi connectivity index (χ0) is 18.6. The van der Waals surface area contributed by atoms with Crippen LogP contribution in [-0.4, -0.2) is 33.7 Å². The molecule has 0 aliphatic rings. The zero-order valence-electron chi connectivity index (χ0n) is 14.7.